The van der Waals surface area contributed by atoms with Gasteiger partial charge in [0.1, 0.15) is 23.1 Å². The monoisotopic (exact) mass is 1290 g/mol. The van der Waals surface area contributed by atoms with Gasteiger partial charge in [-0.15, -0.1) is 0 Å². The second kappa shape index (κ2) is 12.0. The van der Waals surface area contributed by atoms with Crippen molar-refractivity contribution in [3.8, 4) is 34.5 Å². The molecule has 0 aliphatic carbocycles. The van der Waals surface area contributed by atoms with Crippen LogP contribution in [0.15, 0.2) is 54.6 Å². The standard InChI is InChI=1S/C25H22N5O6.3Rf/c1-34-20-7-4-14(10-17(20)31)11-23-28-24(26-15-5-8-21(35-2)18(32)12-15)30-25(29-23)27-16-6-9-22(36-3)19(33)13-16;;;/h4-10,12-13,31-33H,1-3,11H2,(H2,26,27,28,29,30);;;/q-3;;;. The second-order valence-electron chi connectivity index (χ2n) is 7.43. The van der Waals surface area contributed by atoms with Crippen molar-refractivity contribution in [2.45, 2.75) is 6.42 Å². The van der Waals surface area contributed by atoms with E-state index >= 15 is 0 Å². The van der Waals surface area contributed by atoms with Crippen LogP contribution in [0.4, 0.5) is 23.3 Å². The van der Waals surface area contributed by atoms with Crippen molar-refractivity contribution < 1.29 is 29.5 Å². The molecule has 0 saturated carbocycles. The Hall–Kier alpha value is -7.93. The number of hydrogen-bond donors (Lipinski definition) is 5. The summed E-state index contributed by atoms with van der Waals surface area (Å²) >= 11 is 0. The number of nitrogens with zero attached hydrogens (tertiary/aromatic N) is 3. The van der Waals surface area contributed by atoms with E-state index in [9.17, 15) is 15.3 Å². The fourth-order valence-corrected chi connectivity index (χ4v) is 3.28. The maximum Gasteiger partial charge on any atom is 0.232 e. The summed E-state index contributed by atoms with van der Waals surface area (Å²) in [5.74, 6) is 1.07. The number of hydrogen-bond acceptors (Lipinski definition) is 11. The summed E-state index contributed by atoms with van der Waals surface area (Å²) in [6, 6.07) is 14.1. The van der Waals surface area contributed by atoms with Gasteiger partial charge in [0.05, 0.1) is 0 Å². The minimum atomic E-state index is -0.117. The van der Waals surface area contributed by atoms with Gasteiger partial charge in [0.15, 0.2) is 17.2 Å². The summed E-state index contributed by atoms with van der Waals surface area (Å²) in [4.78, 5) is 13.3. The molecule has 3 aromatic carbocycles. The number of aromatic hydroxyl groups is 3. The Labute approximate surface area is 207 Å². The van der Waals surface area contributed by atoms with Crippen LogP contribution in [0.3, 0.4) is 0 Å². The van der Waals surface area contributed by atoms with Crippen LogP contribution < -0.4 is 24.8 Å². The largest absolute Gasteiger partial charge is 0.663 e. The van der Waals surface area contributed by atoms with E-state index in [4.69, 9.17) is 14.2 Å². The van der Waals surface area contributed by atoms with Gasteiger partial charge in [-0.3, -0.25) is 0 Å². The number of aromatic nitrogens is 3. The molecular formula is C25H22N5O6Rf3-3. The van der Waals surface area contributed by atoms with E-state index in [1.807, 2.05) is 0 Å². The first-order valence-corrected chi connectivity index (χ1v) is 10.4. The van der Waals surface area contributed by atoms with E-state index in [2.05, 4.69) is 46.9 Å². The Balaban J connectivity index is 0.00000253. The molecule has 39 heavy (non-hydrogen) atoms. The Morgan fingerprint density at radius 1 is 0.590 bits per heavy atom. The Kier molecular flexibility index (Phi) is 8.93. The molecular weight excluding hydrogens is 1270 g/mol. The first kappa shape index (κ1) is 29.1. The summed E-state index contributed by atoms with van der Waals surface area (Å²) in [5.41, 5.74) is 1.68. The van der Waals surface area contributed by atoms with Crippen LogP contribution in [-0.4, -0.2) is 30.3 Å². The van der Waals surface area contributed by atoms with Gasteiger partial charge in [-0.1, -0.05) is 6.07 Å². The number of anilines is 4. The van der Waals surface area contributed by atoms with Gasteiger partial charge in [0.25, 0.3) is 0 Å². The Morgan fingerprint density at radius 3 is 1.38 bits per heavy atom. The molecule has 192 valence electrons. The van der Waals surface area contributed by atoms with Crippen LogP contribution in [-0.2, 0) is 6.42 Å². The predicted octanol–water partition coefficient (Wildman–Crippen LogP) is 4.58. The molecule has 0 radical (unpaired) electrons. The molecule has 4 aromatic rings. The van der Waals surface area contributed by atoms with E-state index in [1.54, 1.807) is 24.3 Å². The average molecular weight is 1290 g/mol. The van der Waals surface area contributed by atoms with Crippen LogP contribution >= 0.6 is 0 Å². The van der Waals surface area contributed by atoms with Crippen molar-refractivity contribution in [3.63, 3.8) is 0 Å². The van der Waals surface area contributed by atoms with Gasteiger partial charge < -0.3 is 40.2 Å². The molecule has 5 N–H and O–H groups in total. The van der Waals surface area contributed by atoms with Crippen molar-refractivity contribution in [1.29, 1.82) is 0 Å². The van der Waals surface area contributed by atoms with Gasteiger partial charge in [-0.05, 0) is 42.0 Å². The van der Waals surface area contributed by atoms with E-state index in [0.717, 1.165) is 0 Å². The minimum Gasteiger partial charge on any atom is -0.663 e. The molecule has 14 heteroatoms. The molecule has 0 aliphatic rings. The normalized spacial score (nSPS) is 9.72. The van der Waals surface area contributed by atoms with Crippen molar-refractivity contribution >= 4 is 23.3 Å². The fraction of sp³-hybridized carbons (Fsp3) is 0.0400. The third-order valence-electron chi connectivity index (χ3n) is 4.96. The summed E-state index contributed by atoms with van der Waals surface area (Å²) < 4.78 is 14.5. The van der Waals surface area contributed by atoms with Crippen molar-refractivity contribution in [2.75, 3.05) is 10.6 Å². The first-order chi connectivity index (χ1) is 17.4. The molecule has 0 unspecified atom stereocenters. The smallest absolute Gasteiger partial charge is 0.232 e. The van der Waals surface area contributed by atoms with Gasteiger partial charge in [0, 0.05) is 29.9 Å². The zero-order valence-electron chi connectivity index (χ0n) is 21.1. The van der Waals surface area contributed by atoms with Crippen LogP contribution in [0.5, 0.6) is 34.5 Å². The molecule has 0 amide bonds. The van der Waals surface area contributed by atoms with Crippen LogP contribution in [0.1, 0.15) is 11.4 Å². The van der Waals surface area contributed by atoms with Crippen LogP contribution in [0, 0.1) is 21.3 Å². The number of nitrogens with one attached hydrogen (secondary N) is 2. The Morgan fingerprint density at radius 2 is 1.00 bits per heavy atom. The predicted molar refractivity (Wildman–Crippen MR) is 131 cm³/mol. The molecule has 0 aliphatic heterocycles. The second-order valence-corrected chi connectivity index (χ2v) is 7.43. The van der Waals surface area contributed by atoms with Gasteiger partial charge in [-0.25, -0.2) is 0 Å². The van der Waals surface area contributed by atoms with Gasteiger partial charge >= 0.3 is 0 Å². The number of phenols is 3. The molecule has 1 aromatic heterocycles. The van der Waals surface area contributed by atoms with Crippen molar-refractivity contribution in [2.24, 2.45) is 0 Å². The summed E-state index contributed by atoms with van der Waals surface area (Å²) in [6.07, 6.45) is 0.246. The SMILES string of the molecule is [CH2-]Oc1ccc(Cc2nc(Nc3ccc(O[CH2-])c(O)c3)nc(Nc3ccc(O[CH2-])c(O)c3)n2)cc1O.[Rf].[Rf].[Rf]. The number of benzene rings is 3. The minimum absolute atomic E-state index is 0. The first-order valence-electron chi connectivity index (χ1n) is 10.4. The number of rotatable bonds is 9. The van der Waals surface area contributed by atoms with E-state index in [-0.39, 0.29) is 52.8 Å². The fourth-order valence-electron chi connectivity index (χ4n) is 3.28. The van der Waals surface area contributed by atoms with E-state index in [0.29, 0.717) is 22.8 Å². The summed E-state index contributed by atoms with van der Waals surface area (Å²) in [5, 5.41) is 36.2. The number of phenolic OH excluding ortho intramolecular Hbond substituents is 3. The molecule has 0 atom stereocenters. The molecule has 0 bridgehead atoms. The average Bonchev–Trinajstić information content (AvgIpc) is 2.84. The third-order valence-corrected chi connectivity index (χ3v) is 4.96. The van der Waals surface area contributed by atoms with Gasteiger partial charge in [0.2, 0.25) is 11.9 Å². The maximum absolute atomic E-state index is 10.1. The molecule has 11 nitrogen and oxygen atoms in total. The van der Waals surface area contributed by atoms with Gasteiger partial charge in [-0.2, -0.15) is 36.3 Å². The van der Waals surface area contributed by atoms with E-state index in [1.165, 1.54) is 30.3 Å². The molecule has 1 heterocycles. The number of ether oxygens (including phenoxy) is 3. The maximum atomic E-state index is 10.1. The van der Waals surface area contributed by atoms with Crippen molar-refractivity contribution in [1.82, 2.24) is 15.0 Å². The molecule has 0 fully saturated rings. The summed E-state index contributed by atoms with van der Waals surface area (Å²) in [6.45, 7) is 0. The zero-order chi connectivity index (χ0) is 25.7. The topological polar surface area (TPSA) is 151 Å². The Bertz CT molecular complexity index is 1220. The molecule has 4 rings (SSSR count). The quantitative estimate of drug-likeness (QED) is 0.150. The van der Waals surface area contributed by atoms with Crippen LogP contribution in [0.2, 0.25) is 0 Å². The summed E-state index contributed by atoms with van der Waals surface area (Å²) in [7, 11) is 9.87. The van der Waals surface area contributed by atoms with Crippen LogP contribution in [0.25, 0.3) is 0 Å². The third kappa shape index (κ3) is 6.35. The molecule has 0 spiro atoms. The zero-order valence-corrected chi connectivity index (χ0v) is 40.3. The molecule has 0 saturated heterocycles. The van der Waals surface area contributed by atoms with Crippen molar-refractivity contribution in [3.05, 3.63) is 87.3 Å². The van der Waals surface area contributed by atoms with E-state index < -0.39 is 0 Å².